The van der Waals surface area contributed by atoms with Gasteiger partial charge in [-0.25, -0.2) is 0 Å². The molecule has 0 spiro atoms. The van der Waals surface area contributed by atoms with E-state index < -0.39 is 0 Å². The SMILES string of the molecule is CC(CCN)CCC(=O)NCC1(C)CCCO1. The topological polar surface area (TPSA) is 64.4 Å². The van der Waals surface area contributed by atoms with Gasteiger partial charge in [-0.05, 0) is 45.1 Å². The second kappa shape index (κ2) is 6.97. The van der Waals surface area contributed by atoms with Crippen molar-refractivity contribution in [3.05, 3.63) is 0 Å². The number of ether oxygens (including phenoxy) is 1. The highest BCUT2D eigenvalue weighted by molar-refractivity contribution is 5.75. The Kier molecular flexibility index (Phi) is 5.92. The summed E-state index contributed by atoms with van der Waals surface area (Å²) in [6, 6.07) is 0. The van der Waals surface area contributed by atoms with Gasteiger partial charge in [0.05, 0.1) is 5.60 Å². The van der Waals surface area contributed by atoms with Crippen molar-refractivity contribution < 1.29 is 9.53 Å². The van der Waals surface area contributed by atoms with Crippen LogP contribution in [0, 0.1) is 5.92 Å². The van der Waals surface area contributed by atoms with Crippen LogP contribution in [0.4, 0.5) is 0 Å². The Hall–Kier alpha value is -0.610. The molecule has 4 heteroatoms. The van der Waals surface area contributed by atoms with Crippen molar-refractivity contribution in [2.45, 2.75) is 51.6 Å². The fourth-order valence-corrected chi connectivity index (χ4v) is 2.16. The maximum atomic E-state index is 11.7. The van der Waals surface area contributed by atoms with Crippen molar-refractivity contribution >= 4 is 5.91 Å². The van der Waals surface area contributed by atoms with Gasteiger partial charge in [-0.15, -0.1) is 0 Å². The van der Waals surface area contributed by atoms with Crippen LogP contribution in [-0.4, -0.2) is 31.2 Å². The van der Waals surface area contributed by atoms with Crippen molar-refractivity contribution in [1.29, 1.82) is 0 Å². The summed E-state index contributed by atoms with van der Waals surface area (Å²) < 4.78 is 5.62. The molecule has 0 bridgehead atoms. The molecule has 17 heavy (non-hydrogen) atoms. The number of amides is 1. The molecule has 2 unspecified atom stereocenters. The monoisotopic (exact) mass is 242 g/mol. The van der Waals surface area contributed by atoms with Crippen LogP contribution in [0.15, 0.2) is 0 Å². The second-order valence-corrected chi connectivity index (χ2v) is 5.40. The predicted octanol–water partition coefficient (Wildman–Crippen LogP) is 1.44. The van der Waals surface area contributed by atoms with Crippen LogP contribution in [0.3, 0.4) is 0 Å². The molecule has 3 N–H and O–H groups in total. The van der Waals surface area contributed by atoms with Crippen LogP contribution < -0.4 is 11.1 Å². The molecule has 4 nitrogen and oxygen atoms in total. The van der Waals surface area contributed by atoms with Gasteiger partial charge in [0.2, 0.25) is 5.91 Å². The summed E-state index contributed by atoms with van der Waals surface area (Å²) in [6.07, 6.45) is 4.64. The summed E-state index contributed by atoms with van der Waals surface area (Å²) in [6.45, 7) is 6.37. The highest BCUT2D eigenvalue weighted by Crippen LogP contribution is 2.23. The number of carbonyl (C=O) groups is 1. The Morgan fingerprint density at radius 2 is 2.29 bits per heavy atom. The summed E-state index contributed by atoms with van der Waals surface area (Å²) in [5, 5.41) is 2.97. The maximum absolute atomic E-state index is 11.7. The van der Waals surface area contributed by atoms with Crippen LogP contribution in [0.5, 0.6) is 0 Å². The smallest absolute Gasteiger partial charge is 0.220 e. The minimum absolute atomic E-state index is 0.130. The van der Waals surface area contributed by atoms with Crippen molar-refractivity contribution in [2.75, 3.05) is 19.7 Å². The van der Waals surface area contributed by atoms with E-state index in [0.29, 0.717) is 25.4 Å². The summed E-state index contributed by atoms with van der Waals surface area (Å²) in [5.74, 6) is 0.662. The third kappa shape index (κ3) is 5.50. The van der Waals surface area contributed by atoms with Gasteiger partial charge < -0.3 is 15.8 Å². The summed E-state index contributed by atoms with van der Waals surface area (Å²) in [5.41, 5.74) is 5.34. The van der Waals surface area contributed by atoms with Gasteiger partial charge in [0, 0.05) is 19.6 Å². The third-order valence-corrected chi connectivity index (χ3v) is 3.48. The van der Waals surface area contributed by atoms with E-state index in [9.17, 15) is 4.79 Å². The number of hydrogen-bond acceptors (Lipinski definition) is 3. The lowest BCUT2D eigenvalue weighted by Crippen LogP contribution is -2.40. The first kappa shape index (κ1) is 14.5. The minimum Gasteiger partial charge on any atom is -0.373 e. The lowest BCUT2D eigenvalue weighted by molar-refractivity contribution is -0.122. The normalized spacial score (nSPS) is 25.8. The molecule has 1 heterocycles. The summed E-state index contributed by atoms with van der Waals surface area (Å²) in [7, 11) is 0. The molecular formula is C13H26N2O2. The van der Waals surface area contributed by atoms with Crippen molar-refractivity contribution in [2.24, 2.45) is 11.7 Å². The first-order valence-corrected chi connectivity index (χ1v) is 6.66. The van der Waals surface area contributed by atoms with Crippen LogP contribution >= 0.6 is 0 Å². The molecule has 100 valence electrons. The average molecular weight is 242 g/mol. The Balaban J connectivity index is 2.12. The zero-order valence-corrected chi connectivity index (χ0v) is 11.1. The van der Waals surface area contributed by atoms with Crippen LogP contribution in [0.1, 0.15) is 46.0 Å². The first-order chi connectivity index (χ1) is 8.06. The second-order valence-electron chi connectivity index (χ2n) is 5.40. The van der Waals surface area contributed by atoms with E-state index in [1.807, 2.05) is 0 Å². The van der Waals surface area contributed by atoms with Crippen LogP contribution in [-0.2, 0) is 9.53 Å². The number of rotatable bonds is 7. The van der Waals surface area contributed by atoms with E-state index in [1.54, 1.807) is 0 Å². The molecule has 2 atom stereocenters. The van der Waals surface area contributed by atoms with Gasteiger partial charge in [0.1, 0.15) is 0 Å². The van der Waals surface area contributed by atoms with Crippen molar-refractivity contribution in [3.8, 4) is 0 Å². The molecular weight excluding hydrogens is 216 g/mol. The minimum atomic E-state index is -0.140. The number of hydrogen-bond donors (Lipinski definition) is 2. The molecule has 1 rings (SSSR count). The van der Waals surface area contributed by atoms with Crippen LogP contribution in [0.25, 0.3) is 0 Å². The number of nitrogens with one attached hydrogen (secondary N) is 1. The molecule has 1 fully saturated rings. The molecule has 0 aliphatic carbocycles. The average Bonchev–Trinajstić information content (AvgIpc) is 2.72. The van der Waals surface area contributed by atoms with Gasteiger partial charge in [0.15, 0.2) is 0 Å². The number of carbonyl (C=O) groups excluding carboxylic acids is 1. The zero-order chi connectivity index (χ0) is 12.7. The highest BCUT2D eigenvalue weighted by atomic mass is 16.5. The molecule has 1 aliphatic rings. The molecule has 1 amide bonds. The lowest BCUT2D eigenvalue weighted by atomic mass is 10.0. The Labute approximate surface area is 104 Å². The van der Waals surface area contributed by atoms with Crippen molar-refractivity contribution in [3.63, 3.8) is 0 Å². The first-order valence-electron chi connectivity index (χ1n) is 6.66. The summed E-state index contributed by atoms with van der Waals surface area (Å²) >= 11 is 0. The Bertz CT molecular complexity index is 238. The van der Waals surface area contributed by atoms with Gasteiger partial charge in [-0.2, -0.15) is 0 Å². The highest BCUT2D eigenvalue weighted by Gasteiger charge is 2.29. The summed E-state index contributed by atoms with van der Waals surface area (Å²) in [4.78, 5) is 11.7. The molecule has 1 aliphatic heterocycles. The maximum Gasteiger partial charge on any atom is 0.220 e. The Morgan fingerprint density at radius 3 is 2.88 bits per heavy atom. The van der Waals surface area contributed by atoms with Crippen LogP contribution in [0.2, 0.25) is 0 Å². The van der Waals surface area contributed by atoms with Crippen molar-refractivity contribution in [1.82, 2.24) is 5.32 Å². The van der Waals surface area contributed by atoms with E-state index in [1.165, 1.54) is 0 Å². The van der Waals surface area contributed by atoms with Gasteiger partial charge in [0.25, 0.3) is 0 Å². The predicted molar refractivity (Wildman–Crippen MR) is 68.7 cm³/mol. The van der Waals surface area contributed by atoms with E-state index in [-0.39, 0.29) is 11.5 Å². The fourth-order valence-electron chi connectivity index (χ4n) is 2.16. The molecule has 0 saturated carbocycles. The van der Waals surface area contributed by atoms with E-state index in [4.69, 9.17) is 10.5 Å². The zero-order valence-electron chi connectivity index (χ0n) is 11.1. The molecule has 1 saturated heterocycles. The van der Waals surface area contributed by atoms with E-state index in [0.717, 1.165) is 32.3 Å². The standard InChI is InChI=1S/C13H26N2O2/c1-11(6-8-14)4-5-12(16)15-10-13(2)7-3-9-17-13/h11H,3-10,14H2,1-2H3,(H,15,16). The molecule has 0 radical (unpaired) electrons. The molecule has 0 aromatic rings. The third-order valence-electron chi connectivity index (χ3n) is 3.48. The van der Waals surface area contributed by atoms with Gasteiger partial charge >= 0.3 is 0 Å². The molecule has 0 aromatic heterocycles. The largest absolute Gasteiger partial charge is 0.373 e. The lowest BCUT2D eigenvalue weighted by Gasteiger charge is -2.23. The van der Waals surface area contributed by atoms with Gasteiger partial charge in [-0.1, -0.05) is 6.92 Å². The quantitative estimate of drug-likeness (QED) is 0.710. The Morgan fingerprint density at radius 1 is 1.53 bits per heavy atom. The van der Waals surface area contributed by atoms with E-state index >= 15 is 0 Å². The van der Waals surface area contributed by atoms with E-state index in [2.05, 4.69) is 19.2 Å². The number of nitrogens with two attached hydrogens (primary N) is 1. The van der Waals surface area contributed by atoms with Gasteiger partial charge in [-0.3, -0.25) is 4.79 Å². The molecule has 0 aromatic carbocycles. The fraction of sp³-hybridized carbons (Fsp3) is 0.923.